The van der Waals surface area contributed by atoms with Crippen LogP contribution in [0.15, 0.2) is 30.3 Å². The summed E-state index contributed by atoms with van der Waals surface area (Å²) >= 11 is 0. The molecule has 176 valence electrons. The lowest BCUT2D eigenvalue weighted by Gasteiger charge is -2.17. The summed E-state index contributed by atoms with van der Waals surface area (Å²) in [6.07, 6.45) is -1.45. The second-order valence-corrected chi connectivity index (χ2v) is 8.88. The van der Waals surface area contributed by atoms with Crippen molar-refractivity contribution in [1.29, 1.82) is 5.26 Å². The number of halogens is 3. The van der Waals surface area contributed by atoms with E-state index in [4.69, 9.17) is 4.74 Å². The molecule has 2 aliphatic heterocycles. The lowest BCUT2D eigenvalue weighted by Crippen LogP contribution is -2.33. The first-order chi connectivity index (χ1) is 16.3. The Balaban J connectivity index is 1.41. The van der Waals surface area contributed by atoms with Crippen molar-refractivity contribution in [3.05, 3.63) is 53.3 Å². The van der Waals surface area contributed by atoms with Gasteiger partial charge in [-0.05, 0) is 23.8 Å². The van der Waals surface area contributed by atoms with Gasteiger partial charge in [0.05, 0.1) is 35.8 Å². The topological polar surface area (TPSA) is 94.5 Å². The molecule has 2 heterocycles. The number of anilines is 1. The first-order valence-corrected chi connectivity index (χ1v) is 10.9. The van der Waals surface area contributed by atoms with Gasteiger partial charge in [0.25, 0.3) is 0 Å². The maximum absolute atomic E-state index is 15.1. The third-order valence-corrected chi connectivity index (χ3v) is 6.95. The monoisotopic (exact) mass is 470 g/mol. The Kier molecular flexibility index (Phi) is 5.24. The van der Waals surface area contributed by atoms with Gasteiger partial charge < -0.3 is 15.4 Å². The molecule has 0 bridgehead atoms. The molecule has 2 amide bonds. The molecule has 2 unspecified atom stereocenters. The first kappa shape index (κ1) is 22.2. The van der Waals surface area contributed by atoms with Crippen LogP contribution in [0.2, 0.25) is 0 Å². The standard InChI is InChI=1S/C24H21F3N4O3/c1-12(32)30-7-15-10-31(23(33)34-15)14-5-20(26)22(21(27)6-14)13-2-3-16(19(25)4-13)24(11-28)17-8-29-9-18(17)24/h2-6,15,17-18,29H,7-10H2,1H3,(H,30,32)/t15-,17?,18?,24?/m0/s1. The zero-order valence-corrected chi connectivity index (χ0v) is 18.2. The number of ether oxygens (including phenoxy) is 1. The van der Waals surface area contributed by atoms with Gasteiger partial charge in [-0.2, -0.15) is 5.26 Å². The molecule has 2 aromatic rings. The van der Waals surface area contributed by atoms with E-state index in [9.17, 15) is 14.9 Å². The van der Waals surface area contributed by atoms with E-state index in [1.807, 2.05) is 0 Å². The molecule has 3 fully saturated rings. The van der Waals surface area contributed by atoms with Gasteiger partial charge in [0.2, 0.25) is 5.91 Å². The zero-order chi connectivity index (χ0) is 24.2. The molecule has 1 aliphatic carbocycles. The van der Waals surface area contributed by atoms with Gasteiger partial charge in [-0.25, -0.2) is 18.0 Å². The van der Waals surface area contributed by atoms with Crippen LogP contribution in [0, 0.1) is 40.6 Å². The summed E-state index contributed by atoms with van der Waals surface area (Å²) < 4.78 is 50.2. The maximum atomic E-state index is 15.1. The van der Waals surface area contributed by atoms with Crippen LogP contribution in [-0.4, -0.2) is 44.3 Å². The summed E-state index contributed by atoms with van der Waals surface area (Å²) in [4.78, 5) is 24.3. The molecule has 3 atom stereocenters. The first-order valence-electron chi connectivity index (χ1n) is 10.9. The number of fused-ring (bicyclic) bond motifs is 1. The Bertz CT molecular complexity index is 1210. The van der Waals surface area contributed by atoms with Crippen LogP contribution in [0.5, 0.6) is 0 Å². The predicted molar refractivity (Wildman–Crippen MR) is 115 cm³/mol. The SMILES string of the molecule is CC(=O)NC[C@H]1CN(c2cc(F)c(-c3ccc(C4(C#N)C5CNCC54)c(F)c3)c(F)c2)C(=O)O1. The molecular weight excluding hydrogens is 449 g/mol. The van der Waals surface area contributed by atoms with Gasteiger partial charge in [-0.3, -0.25) is 9.69 Å². The van der Waals surface area contributed by atoms with Gasteiger partial charge in [0.1, 0.15) is 23.6 Å². The fourth-order valence-corrected chi connectivity index (χ4v) is 5.26. The van der Waals surface area contributed by atoms with Crippen molar-refractivity contribution in [2.45, 2.75) is 18.4 Å². The number of nitriles is 1. The Morgan fingerprint density at radius 1 is 1.21 bits per heavy atom. The average molecular weight is 470 g/mol. The molecular formula is C24H21F3N4O3. The van der Waals surface area contributed by atoms with Crippen molar-refractivity contribution in [2.24, 2.45) is 11.8 Å². The molecule has 0 radical (unpaired) electrons. The van der Waals surface area contributed by atoms with E-state index < -0.39 is 40.6 Å². The van der Waals surface area contributed by atoms with Gasteiger partial charge >= 0.3 is 6.09 Å². The molecule has 3 aliphatic rings. The Hall–Kier alpha value is -3.58. The average Bonchev–Trinajstić information content (AvgIpc) is 3.10. The second kappa shape index (κ2) is 8.02. The lowest BCUT2D eigenvalue weighted by molar-refractivity contribution is -0.119. The van der Waals surface area contributed by atoms with E-state index in [-0.39, 0.29) is 47.6 Å². The van der Waals surface area contributed by atoms with E-state index in [0.717, 1.165) is 23.1 Å². The van der Waals surface area contributed by atoms with Crippen LogP contribution in [0.4, 0.5) is 23.7 Å². The van der Waals surface area contributed by atoms with Gasteiger partial charge in [0, 0.05) is 37.4 Å². The number of nitrogens with zero attached hydrogens (tertiary/aromatic N) is 2. The number of carbonyl (C=O) groups excluding carboxylic acids is 2. The molecule has 0 aromatic heterocycles. The van der Waals surface area contributed by atoms with Crippen molar-refractivity contribution < 1.29 is 27.5 Å². The minimum absolute atomic E-state index is 0.00708. The highest BCUT2D eigenvalue weighted by Crippen LogP contribution is 2.61. The highest BCUT2D eigenvalue weighted by molar-refractivity contribution is 5.90. The largest absolute Gasteiger partial charge is 0.442 e. The van der Waals surface area contributed by atoms with Gasteiger partial charge in [0.15, 0.2) is 0 Å². The quantitative estimate of drug-likeness (QED) is 0.701. The summed E-state index contributed by atoms with van der Waals surface area (Å²) in [5.74, 6) is -2.86. The fraction of sp³-hybridized carbons (Fsp3) is 0.375. The number of carbonyl (C=O) groups is 2. The molecule has 2 saturated heterocycles. The highest BCUT2D eigenvalue weighted by Gasteiger charge is 2.68. The maximum Gasteiger partial charge on any atom is 0.414 e. The second-order valence-electron chi connectivity index (χ2n) is 8.88. The van der Waals surface area contributed by atoms with Crippen LogP contribution in [0.1, 0.15) is 12.5 Å². The van der Waals surface area contributed by atoms with Crippen LogP contribution in [-0.2, 0) is 14.9 Å². The van der Waals surface area contributed by atoms with E-state index in [1.54, 1.807) is 0 Å². The minimum Gasteiger partial charge on any atom is -0.442 e. The Labute approximate surface area is 193 Å². The van der Waals surface area contributed by atoms with Crippen LogP contribution in [0.25, 0.3) is 11.1 Å². The summed E-state index contributed by atoms with van der Waals surface area (Å²) in [6.45, 7) is 2.67. The molecule has 7 nitrogen and oxygen atoms in total. The molecule has 1 saturated carbocycles. The predicted octanol–water partition coefficient (Wildman–Crippen LogP) is 2.84. The summed E-state index contributed by atoms with van der Waals surface area (Å²) in [5, 5.41) is 15.4. The number of piperidine rings is 1. The van der Waals surface area contributed by atoms with Crippen molar-refractivity contribution in [2.75, 3.05) is 31.1 Å². The number of benzene rings is 2. The third-order valence-electron chi connectivity index (χ3n) is 6.95. The number of rotatable bonds is 5. The molecule has 0 spiro atoms. The van der Waals surface area contributed by atoms with E-state index in [2.05, 4.69) is 16.7 Å². The lowest BCUT2D eigenvalue weighted by atomic mass is 9.89. The van der Waals surface area contributed by atoms with Crippen molar-refractivity contribution in [3.8, 4) is 17.2 Å². The molecule has 34 heavy (non-hydrogen) atoms. The summed E-state index contributed by atoms with van der Waals surface area (Å²) in [6, 6.07) is 8.12. The van der Waals surface area contributed by atoms with E-state index in [0.29, 0.717) is 13.1 Å². The van der Waals surface area contributed by atoms with Crippen LogP contribution < -0.4 is 15.5 Å². The highest BCUT2D eigenvalue weighted by atomic mass is 19.1. The van der Waals surface area contributed by atoms with Crippen molar-refractivity contribution >= 4 is 17.7 Å². The Morgan fingerprint density at radius 3 is 2.47 bits per heavy atom. The number of nitrogens with one attached hydrogen (secondary N) is 2. The normalized spacial score (nSPS) is 27.2. The Morgan fingerprint density at radius 2 is 1.88 bits per heavy atom. The molecule has 2 N–H and O–H groups in total. The third kappa shape index (κ3) is 3.39. The van der Waals surface area contributed by atoms with Crippen molar-refractivity contribution in [1.82, 2.24) is 10.6 Å². The van der Waals surface area contributed by atoms with E-state index in [1.165, 1.54) is 19.1 Å². The number of hydrogen-bond acceptors (Lipinski definition) is 5. The number of hydrogen-bond donors (Lipinski definition) is 2. The molecule has 5 rings (SSSR count). The fourth-order valence-electron chi connectivity index (χ4n) is 5.26. The molecule has 10 heteroatoms. The van der Waals surface area contributed by atoms with Gasteiger partial charge in [-0.15, -0.1) is 0 Å². The van der Waals surface area contributed by atoms with Gasteiger partial charge in [-0.1, -0.05) is 12.1 Å². The summed E-state index contributed by atoms with van der Waals surface area (Å²) in [7, 11) is 0. The van der Waals surface area contributed by atoms with E-state index >= 15 is 13.2 Å². The van der Waals surface area contributed by atoms with Crippen LogP contribution >= 0.6 is 0 Å². The number of cyclic esters (lactones) is 1. The smallest absolute Gasteiger partial charge is 0.414 e. The minimum atomic E-state index is -0.970. The molecule has 2 aromatic carbocycles. The zero-order valence-electron chi connectivity index (χ0n) is 18.2. The van der Waals surface area contributed by atoms with Crippen molar-refractivity contribution in [3.63, 3.8) is 0 Å². The summed E-state index contributed by atoms with van der Waals surface area (Å²) in [5.41, 5.74) is -1.14. The van der Waals surface area contributed by atoms with Crippen LogP contribution in [0.3, 0.4) is 0 Å². The number of amides is 2.